The second-order valence-corrected chi connectivity index (χ2v) is 5.43. The summed E-state index contributed by atoms with van der Waals surface area (Å²) in [5.41, 5.74) is 0.0866. The molecule has 1 aromatic carbocycles. The highest BCUT2D eigenvalue weighted by Gasteiger charge is 2.30. The van der Waals surface area contributed by atoms with Crippen LogP contribution in [0.25, 0.3) is 0 Å². The van der Waals surface area contributed by atoms with Crippen LogP contribution in [0, 0.1) is 0 Å². The average Bonchev–Trinajstić information content (AvgIpc) is 2.44. The number of hydrogen-bond donors (Lipinski definition) is 1. The van der Waals surface area contributed by atoms with Gasteiger partial charge in [-0.15, -0.1) is 0 Å². The minimum absolute atomic E-state index is 0.0982. The SMILES string of the molecule is CCCCCN(C)CC(NC)c1cccc(C(F)(F)F)c1. The molecule has 0 radical (unpaired) electrons. The highest BCUT2D eigenvalue weighted by molar-refractivity contribution is 5.28. The Bertz CT molecular complexity index is 418. The van der Waals surface area contributed by atoms with Gasteiger partial charge in [-0.3, -0.25) is 0 Å². The van der Waals surface area contributed by atoms with Gasteiger partial charge >= 0.3 is 6.18 Å². The van der Waals surface area contributed by atoms with E-state index in [0.717, 1.165) is 25.5 Å². The first-order valence-electron chi connectivity index (χ1n) is 7.41. The van der Waals surface area contributed by atoms with E-state index in [2.05, 4.69) is 17.1 Å². The molecule has 5 heteroatoms. The summed E-state index contributed by atoms with van der Waals surface area (Å²) >= 11 is 0. The molecule has 120 valence electrons. The summed E-state index contributed by atoms with van der Waals surface area (Å²) in [6, 6.07) is 5.47. The van der Waals surface area contributed by atoms with Crippen molar-refractivity contribution in [1.29, 1.82) is 0 Å². The van der Waals surface area contributed by atoms with Crippen LogP contribution in [0.2, 0.25) is 0 Å². The van der Waals surface area contributed by atoms with Gasteiger partial charge in [-0.05, 0) is 44.8 Å². The van der Waals surface area contributed by atoms with Gasteiger partial charge in [0.2, 0.25) is 0 Å². The fraction of sp³-hybridized carbons (Fsp3) is 0.625. The smallest absolute Gasteiger partial charge is 0.312 e. The Morgan fingerprint density at radius 2 is 1.95 bits per heavy atom. The van der Waals surface area contributed by atoms with Gasteiger partial charge in [0.1, 0.15) is 0 Å². The summed E-state index contributed by atoms with van der Waals surface area (Å²) in [6.45, 7) is 3.81. The fourth-order valence-corrected chi connectivity index (χ4v) is 2.33. The average molecular weight is 302 g/mol. The van der Waals surface area contributed by atoms with Gasteiger partial charge in [0.15, 0.2) is 0 Å². The summed E-state index contributed by atoms with van der Waals surface area (Å²) in [5.74, 6) is 0. The molecule has 1 atom stereocenters. The predicted octanol–water partition coefficient (Wildman–Crippen LogP) is 4.09. The first-order chi connectivity index (χ1) is 9.88. The Morgan fingerprint density at radius 3 is 2.52 bits per heavy atom. The summed E-state index contributed by atoms with van der Waals surface area (Å²) < 4.78 is 38.3. The molecule has 0 aliphatic heterocycles. The van der Waals surface area contributed by atoms with Gasteiger partial charge in [0.05, 0.1) is 5.56 Å². The molecule has 1 rings (SSSR count). The maximum atomic E-state index is 12.8. The molecule has 0 amide bonds. The van der Waals surface area contributed by atoms with Gasteiger partial charge < -0.3 is 10.2 Å². The lowest BCUT2D eigenvalue weighted by Gasteiger charge is -2.24. The van der Waals surface area contributed by atoms with Crippen molar-refractivity contribution < 1.29 is 13.2 Å². The Balaban J connectivity index is 2.71. The lowest BCUT2D eigenvalue weighted by Crippen LogP contribution is -2.32. The van der Waals surface area contributed by atoms with E-state index in [9.17, 15) is 13.2 Å². The molecule has 2 nitrogen and oxygen atoms in total. The van der Waals surface area contributed by atoms with Gasteiger partial charge in [-0.25, -0.2) is 0 Å². The summed E-state index contributed by atoms with van der Waals surface area (Å²) in [6.07, 6.45) is -0.831. The standard InChI is InChI=1S/C16H25F3N2/c1-4-5-6-10-21(3)12-15(20-2)13-8-7-9-14(11-13)16(17,18)19/h7-9,11,15,20H,4-6,10,12H2,1-3H3. The van der Waals surface area contributed by atoms with Crippen LogP contribution in [0.1, 0.15) is 43.4 Å². The van der Waals surface area contributed by atoms with E-state index in [4.69, 9.17) is 0 Å². The van der Waals surface area contributed by atoms with E-state index in [-0.39, 0.29) is 6.04 Å². The van der Waals surface area contributed by atoms with Gasteiger partial charge in [0, 0.05) is 12.6 Å². The van der Waals surface area contributed by atoms with Crippen molar-refractivity contribution in [3.63, 3.8) is 0 Å². The molecular weight excluding hydrogens is 277 g/mol. The molecule has 0 saturated carbocycles. The minimum Gasteiger partial charge on any atom is -0.312 e. The summed E-state index contributed by atoms with van der Waals surface area (Å²) in [7, 11) is 3.79. The molecule has 0 aliphatic carbocycles. The summed E-state index contributed by atoms with van der Waals surface area (Å²) in [4.78, 5) is 2.16. The molecule has 0 spiro atoms. The third kappa shape index (κ3) is 6.06. The number of likely N-dealkylation sites (N-methyl/N-ethyl adjacent to an activating group) is 2. The van der Waals surface area contributed by atoms with E-state index >= 15 is 0 Å². The predicted molar refractivity (Wildman–Crippen MR) is 80.3 cm³/mol. The Hall–Kier alpha value is -1.07. The van der Waals surface area contributed by atoms with Crippen molar-refractivity contribution in [2.75, 3.05) is 27.2 Å². The first-order valence-corrected chi connectivity index (χ1v) is 7.41. The monoisotopic (exact) mass is 302 g/mol. The zero-order chi connectivity index (χ0) is 15.9. The second-order valence-electron chi connectivity index (χ2n) is 5.43. The quantitative estimate of drug-likeness (QED) is 0.728. The van der Waals surface area contributed by atoms with Crippen molar-refractivity contribution in [2.24, 2.45) is 0 Å². The van der Waals surface area contributed by atoms with Crippen molar-refractivity contribution in [2.45, 2.75) is 38.4 Å². The number of halogens is 3. The highest BCUT2D eigenvalue weighted by atomic mass is 19.4. The van der Waals surface area contributed by atoms with E-state index in [1.165, 1.54) is 18.6 Å². The molecule has 0 aromatic heterocycles. The molecule has 0 bridgehead atoms. The van der Waals surface area contributed by atoms with Crippen LogP contribution in [0.15, 0.2) is 24.3 Å². The number of alkyl halides is 3. The van der Waals surface area contributed by atoms with Crippen LogP contribution in [0.5, 0.6) is 0 Å². The molecular formula is C16H25F3N2. The van der Waals surface area contributed by atoms with E-state index < -0.39 is 11.7 Å². The molecule has 21 heavy (non-hydrogen) atoms. The molecule has 0 fully saturated rings. The van der Waals surface area contributed by atoms with Crippen molar-refractivity contribution in [1.82, 2.24) is 10.2 Å². The molecule has 0 saturated heterocycles. The number of benzene rings is 1. The maximum Gasteiger partial charge on any atom is 0.416 e. The van der Waals surface area contributed by atoms with Crippen LogP contribution in [0.3, 0.4) is 0 Å². The van der Waals surface area contributed by atoms with Crippen LogP contribution in [-0.2, 0) is 6.18 Å². The first kappa shape index (κ1) is 18.0. The number of hydrogen-bond acceptors (Lipinski definition) is 2. The molecule has 0 heterocycles. The maximum absolute atomic E-state index is 12.8. The normalized spacial score (nSPS) is 13.7. The van der Waals surface area contributed by atoms with Crippen molar-refractivity contribution in [3.05, 3.63) is 35.4 Å². The van der Waals surface area contributed by atoms with Crippen LogP contribution < -0.4 is 5.32 Å². The van der Waals surface area contributed by atoms with Crippen LogP contribution in [-0.4, -0.2) is 32.1 Å². The van der Waals surface area contributed by atoms with E-state index in [0.29, 0.717) is 12.1 Å². The second kappa shape index (κ2) is 8.39. The number of nitrogens with zero attached hydrogens (tertiary/aromatic N) is 1. The van der Waals surface area contributed by atoms with Crippen LogP contribution in [0.4, 0.5) is 13.2 Å². The zero-order valence-corrected chi connectivity index (χ0v) is 13.0. The molecule has 1 N–H and O–H groups in total. The third-order valence-electron chi connectivity index (χ3n) is 3.60. The third-order valence-corrected chi connectivity index (χ3v) is 3.60. The fourth-order valence-electron chi connectivity index (χ4n) is 2.33. The Morgan fingerprint density at radius 1 is 1.24 bits per heavy atom. The topological polar surface area (TPSA) is 15.3 Å². The van der Waals surface area contributed by atoms with Crippen molar-refractivity contribution >= 4 is 0 Å². The lowest BCUT2D eigenvalue weighted by atomic mass is 10.0. The lowest BCUT2D eigenvalue weighted by molar-refractivity contribution is -0.137. The summed E-state index contributed by atoms with van der Waals surface area (Å²) in [5, 5.41) is 3.11. The van der Waals surface area contributed by atoms with Crippen molar-refractivity contribution in [3.8, 4) is 0 Å². The van der Waals surface area contributed by atoms with Gasteiger partial charge in [-0.1, -0.05) is 31.9 Å². The number of nitrogens with one attached hydrogen (secondary N) is 1. The molecule has 0 aliphatic rings. The van der Waals surface area contributed by atoms with E-state index in [1.54, 1.807) is 13.1 Å². The van der Waals surface area contributed by atoms with E-state index in [1.807, 2.05) is 7.05 Å². The van der Waals surface area contributed by atoms with Gasteiger partial charge in [-0.2, -0.15) is 13.2 Å². The zero-order valence-electron chi connectivity index (χ0n) is 13.0. The number of unbranched alkanes of at least 4 members (excludes halogenated alkanes) is 2. The van der Waals surface area contributed by atoms with Gasteiger partial charge in [0.25, 0.3) is 0 Å². The minimum atomic E-state index is -4.29. The Labute approximate surface area is 125 Å². The molecule has 1 unspecified atom stereocenters. The molecule has 1 aromatic rings. The van der Waals surface area contributed by atoms with Crippen LogP contribution >= 0.6 is 0 Å². The Kier molecular flexibility index (Phi) is 7.18. The number of rotatable bonds is 8. The highest BCUT2D eigenvalue weighted by Crippen LogP contribution is 2.30. The largest absolute Gasteiger partial charge is 0.416 e.